The molecule has 1 saturated heterocycles. The van der Waals surface area contributed by atoms with Crippen LogP contribution in [0.2, 0.25) is 0 Å². The minimum Gasteiger partial charge on any atom is -0.477 e. The second-order valence-corrected chi connectivity index (χ2v) is 5.17. The predicted molar refractivity (Wildman–Crippen MR) is 75.5 cm³/mol. The lowest BCUT2D eigenvalue weighted by atomic mass is 10.1. The van der Waals surface area contributed by atoms with Crippen LogP contribution in [0.4, 0.5) is 0 Å². The fraction of sp³-hybridized carbons (Fsp3) is 0.429. The van der Waals surface area contributed by atoms with E-state index in [1.807, 2.05) is 0 Å². The van der Waals surface area contributed by atoms with Gasteiger partial charge in [-0.3, -0.25) is 9.59 Å². The summed E-state index contributed by atoms with van der Waals surface area (Å²) in [5.41, 5.74) is 0.219. The lowest BCUT2D eigenvalue weighted by Gasteiger charge is -2.38. The van der Waals surface area contributed by atoms with E-state index >= 15 is 0 Å². The third-order valence-corrected chi connectivity index (χ3v) is 3.31. The molecule has 1 aromatic heterocycles. The number of rotatable bonds is 5. The van der Waals surface area contributed by atoms with E-state index in [0.29, 0.717) is 18.7 Å². The molecule has 0 radical (unpaired) electrons. The zero-order valence-electron chi connectivity index (χ0n) is 12.4. The van der Waals surface area contributed by atoms with Crippen molar-refractivity contribution in [1.29, 1.82) is 0 Å². The molecule has 2 rings (SSSR count). The molecule has 0 spiro atoms. The molecule has 1 aliphatic heterocycles. The first kappa shape index (κ1) is 15.9. The van der Waals surface area contributed by atoms with Crippen molar-refractivity contribution in [3.63, 3.8) is 0 Å². The van der Waals surface area contributed by atoms with E-state index in [0.717, 1.165) is 0 Å². The Hall–Kier alpha value is -2.48. The molecular formula is C14H17N3O5. The Labute approximate surface area is 127 Å². The summed E-state index contributed by atoms with van der Waals surface area (Å²) in [7, 11) is 3.30. The smallest absolute Gasteiger partial charge is 0.354 e. The number of carbonyl (C=O) groups is 3. The number of aromatic carboxylic acids is 1. The maximum Gasteiger partial charge on any atom is 0.354 e. The van der Waals surface area contributed by atoms with Gasteiger partial charge < -0.3 is 19.6 Å². The van der Waals surface area contributed by atoms with Crippen molar-refractivity contribution >= 4 is 17.8 Å². The zero-order chi connectivity index (χ0) is 16.3. The van der Waals surface area contributed by atoms with E-state index in [1.165, 1.54) is 23.2 Å². The second-order valence-electron chi connectivity index (χ2n) is 5.17. The number of pyridine rings is 1. The van der Waals surface area contributed by atoms with Crippen LogP contribution in [0, 0.1) is 0 Å². The Morgan fingerprint density at radius 2 is 2.05 bits per heavy atom. The van der Waals surface area contributed by atoms with Crippen LogP contribution in [0.3, 0.4) is 0 Å². The minimum absolute atomic E-state index is 0.00540. The molecule has 2 heterocycles. The van der Waals surface area contributed by atoms with E-state index in [1.54, 1.807) is 19.0 Å². The van der Waals surface area contributed by atoms with Crippen molar-refractivity contribution in [3.8, 4) is 0 Å². The number of hydrogen-bond acceptors (Lipinski definition) is 5. The van der Waals surface area contributed by atoms with Crippen molar-refractivity contribution in [2.24, 2.45) is 0 Å². The van der Waals surface area contributed by atoms with Gasteiger partial charge in [-0.15, -0.1) is 0 Å². The number of carbonyl (C=O) groups excluding carboxylic acids is 2. The van der Waals surface area contributed by atoms with Gasteiger partial charge in [0, 0.05) is 33.4 Å². The molecule has 0 aromatic carbocycles. The summed E-state index contributed by atoms with van der Waals surface area (Å²) >= 11 is 0. The molecule has 1 aromatic rings. The van der Waals surface area contributed by atoms with Gasteiger partial charge in [0.2, 0.25) is 5.91 Å². The molecule has 8 heteroatoms. The Morgan fingerprint density at radius 3 is 2.55 bits per heavy atom. The number of amides is 2. The maximum atomic E-state index is 12.1. The first-order valence-corrected chi connectivity index (χ1v) is 6.69. The fourth-order valence-electron chi connectivity index (χ4n) is 1.86. The van der Waals surface area contributed by atoms with Gasteiger partial charge in [0.25, 0.3) is 5.91 Å². The number of likely N-dealkylation sites (N-methyl/N-ethyl adjacent to an activating group) is 1. The van der Waals surface area contributed by atoms with Gasteiger partial charge in [0.15, 0.2) is 0 Å². The lowest BCUT2D eigenvalue weighted by molar-refractivity contribution is -0.138. The van der Waals surface area contributed by atoms with Crippen molar-refractivity contribution < 1.29 is 24.2 Å². The fourth-order valence-corrected chi connectivity index (χ4v) is 1.86. The first-order valence-electron chi connectivity index (χ1n) is 6.69. The number of nitrogens with zero attached hydrogens (tertiary/aromatic N) is 3. The van der Waals surface area contributed by atoms with Gasteiger partial charge >= 0.3 is 5.97 Å². The monoisotopic (exact) mass is 307 g/mol. The van der Waals surface area contributed by atoms with E-state index < -0.39 is 5.97 Å². The van der Waals surface area contributed by atoms with Crippen molar-refractivity contribution in [1.82, 2.24) is 14.8 Å². The van der Waals surface area contributed by atoms with E-state index in [2.05, 4.69) is 4.98 Å². The standard InChI is InChI=1S/C14H17N3O5/c1-16(2)12(18)8-22-10-6-17(7-10)13(19)9-3-4-11(14(20)21)15-5-9/h3-5,10H,6-8H2,1-2H3,(H,20,21). The highest BCUT2D eigenvalue weighted by atomic mass is 16.5. The van der Waals surface area contributed by atoms with Crippen LogP contribution in [0.5, 0.6) is 0 Å². The summed E-state index contributed by atoms with van der Waals surface area (Å²) < 4.78 is 5.39. The summed E-state index contributed by atoms with van der Waals surface area (Å²) in [6, 6.07) is 2.72. The number of hydrogen-bond donors (Lipinski definition) is 1. The normalized spacial score (nSPS) is 14.4. The molecule has 2 amide bonds. The summed E-state index contributed by atoms with van der Waals surface area (Å²) in [5, 5.41) is 8.75. The molecule has 0 bridgehead atoms. The van der Waals surface area contributed by atoms with Crippen LogP contribution < -0.4 is 0 Å². The number of carboxylic acid groups (broad SMARTS) is 1. The molecule has 118 valence electrons. The van der Waals surface area contributed by atoms with Gasteiger partial charge in [0.1, 0.15) is 12.3 Å². The van der Waals surface area contributed by atoms with Crippen LogP contribution in [0.25, 0.3) is 0 Å². The van der Waals surface area contributed by atoms with E-state index in [-0.39, 0.29) is 30.2 Å². The molecule has 1 N–H and O–H groups in total. The third kappa shape index (κ3) is 3.59. The molecule has 0 saturated carbocycles. The van der Waals surface area contributed by atoms with Crippen molar-refractivity contribution in [3.05, 3.63) is 29.6 Å². The highest BCUT2D eigenvalue weighted by molar-refractivity contribution is 5.95. The molecule has 22 heavy (non-hydrogen) atoms. The van der Waals surface area contributed by atoms with Crippen LogP contribution in [0.1, 0.15) is 20.8 Å². The topological polar surface area (TPSA) is 100 Å². The summed E-state index contributed by atoms with van der Waals surface area (Å²) in [6.07, 6.45) is 1.09. The molecule has 0 atom stereocenters. The Morgan fingerprint density at radius 1 is 1.36 bits per heavy atom. The molecule has 0 unspecified atom stereocenters. The van der Waals surface area contributed by atoms with Crippen LogP contribution in [-0.4, -0.2) is 77.6 Å². The lowest BCUT2D eigenvalue weighted by Crippen LogP contribution is -2.55. The Balaban J connectivity index is 1.81. The van der Waals surface area contributed by atoms with Gasteiger partial charge in [-0.2, -0.15) is 0 Å². The number of aromatic nitrogens is 1. The van der Waals surface area contributed by atoms with Crippen LogP contribution in [-0.2, 0) is 9.53 Å². The minimum atomic E-state index is -1.14. The predicted octanol–water partition coefficient (Wildman–Crippen LogP) is -0.291. The largest absolute Gasteiger partial charge is 0.477 e. The number of ether oxygens (including phenoxy) is 1. The molecule has 1 aliphatic rings. The van der Waals surface area contributed by atoms with Crippen LogP contribution >= 0.6 is 0 Å². The Kier molecular flexibility index (Phi) is 4.71. The highest BCUT2D eigenvalue weighted by Crippen LogP contribution is 2.15. The van der Waals surface area contributed by atoms with E-state index in [4.69, 9.17) is 9.84 Å². The SMILES string of the molecule is CN(C)C(=O)COC1CN(C(=O)c2ccc(C(=O)O)nc2)C1. The first-order chi connectivity index (χ1) is 10.4. The molecule has 0 aliphatic carbocycles. The van der Waals surface area contributed by atoms with Gasteiger partial charge in [-0.25, -0.2) is 9.78 Å². The summed E-state index contributed by atoms with van der Waals surface area (Å²) in [4.78, 5) is 40.9. The number of likely N-dealkylation sites (tertiary alicyclic amines) is 1. The molecular weight excluding hydrogens is 290 g/mol. The van der Waals surface area contributed by atoms with Gasteiger partial charge in [0.05, 0.1) is 11.7 Å². The quantitative estimate of drug-likeness (QED) is 0.802. The van der Waals surface area contributed by atoms with Crippen molar-refractivity contribution in [2.45, 2.75) is 6.10 Å². The zero-order valence-corrected chi connectivity index (χ0v) is 12.4. The van der Waals surface area contributed by atoms with Crippen molar-refractivity contribution in [2.75, 3.05) is 33.8 Å². The van der Waals surface area contributed by atoms with Gasteiger partial charge in [-0.1, -0.05) is 0 Å². The maximum absolute atomic E-state index is 12.1. The average Bonchev–Trinajstić information content (AvgIpc) is 2.45. The summed E-state index contributed by atoms with van der Waals surface area (Å²) in [5.74, 6) is -1.50. The Bertz CT molecular complexity index is 579. The average molecular weight is 307 g/mol. The number of carboxylic acids is 1. The second kappa shape index (κ2) is 6.52. The summed E-state index contributed by atoms with van der Waals surface area (Å²) in [6.45, 7) is 0.801. The highest BCUT2D eigenvalue weighted by Gasteiger charge is 2.32. The van der Waals surface area contributed by atoms with Gasteiger partial charge in [-0.05, 0) is 12.1 Å². The molecule has 8 nitrogen and oxygen atoms in total. The molecule has 1 fully saturated rings. The van der Waals surface area contributed by atoms with Crippen LogP contribution in [0.15, 0.2) is 18.3 Å². The third-order valence-electron chi connectivity index (χ3n) is 3.31. The van der Waals surface area contributed by atoms with E-state index in [9.17, 15) is 14.4 Å².